The van der Waals surface area contributed by atoms with Gasteiger partial charge in [0, 0.05) is 13.1 Å². The van der Waals surface area contributed by atoms with Crippen LogP contribution in [0.5, 0.6) is 0 Å². The van der Waals surface area contributed by atoms with Crippen LogP contribution in [0.25, 0.3) is 0 Å². The molecule has 1 aromatic rings. The molecule has 0 atom stereocenters. The quantitative estimate of drug-likeness (QED) is 0.828. The van der Waals surface area contributed by atoms with Gasteiger partial charge in [0.2, 0.25) is 5.28 Å². The first kappa shape index (κ1) is 14.5. The van der Waals surface area contributed by atoms with E-state index in [0.717, 1.165) is 13.1 Å². The van der Waals surface area contributed by atoms with E-state index in [1.807, 2.05) is 0 Å². The van der Waals surface area contributed by atoms with Crippen LogP contribution < -0.4 is 4.90 Å². The van der Waals surface area contributed by atoms with Crippen molar-refractivity contribution in [1.29, 1.82) is 0 Å². The van der Waals surface area contributed by atoms with E-state index < -0.39 is 0 Å². The number of nitrogens with zero attached hydrogens (tertiary/aromatic N) is 4. The van der Waals surface area contributed by atoms with Gasteiger partial charge in [-0.2, -0.15) is 4.98 Å². The normalized spacial score (nSPS) is 11.3. The summed E-state index contributed by atoms with van der Waals surface area (Å²) in [5.41, 5.74) is 0. The maximum absolute atomic E-state index is 6.02. The van der Waals surface area contributed by atoms with Gasteiger partial charge in [0.25, 0.3) is 0 Å². The largest absolute Gasteiger partial charge is 0.353 e. The molecule has 0 saturated carbocycles. The fraction of sp³-hybridized carbons (Fsp3) is 0.727. The van der Waals surface area contributed by atoms with Gasteiger partial charge < -0.3 is 4.90 Å². The second-order valence-electron chi connectivity index (χ2n) is 4.89. The Morgan fingerprint density at radius 3 is 2.00 bits per heavy atom. The van der Waals surface area contributed by atoms with E-state index in [9.17, 15) is 0 Å². The zero-order chi connectivity index (χ0) is 13.0. The highest BCUT2D eigenvalue weighted by Gasteiger charge is 2.17. The van der Waals surface area contributed by atoms with Gasteiger partial charge >= 0.3 is 0 Å². The van der Waals surface area contributed by atoms with E-state index in [2.05, 4.69) is 47.8 Å². The van der Waals surface area contributed by atoms with Gasteiger partial charge in [0.05, 0.1) is 0 Å². The van der Waals surface area contributed by atoms with Crippen molar-refractivity contribution in [2.45, 2.75) is 27.7 Å². The van der Waals surface area contributed by atoms with Gasteiger partial charge in [-0.05, 0) is 23.4 Å². The second-order valence-corrected chi connectivity index (χ2v) is 5.58. The van der Waals surface area contributed by atoms with Crippen LogP contribution in [0.2, 0.25) is 10.4 Å². The highest BCUT2D eigenvalue weighted by Crippen LogP contribution is 2.23. The summed E-state index contributed by atoms with van der Waals surface area (Å²) in [6.45, 7) is 10.3. The molecular weight excluding hydrogens is 259 g/mol. The summed E-state index contributed by atoms with van der Waals surface area (Å²) in [5, 5.41) is 7.85. The molecule has 0 unspecified atom stereocenters. The number of rotatable bonds is 5. The smallest absolute Gasteiger partial charge is 0.245 e. The molecule has 1 aromatic heterocycles. The molecule has 0 fully saturated rings. The average Bonchev–Trinajstić information content (AvgIpc) is 2.19. The predicted molar refractivity (Wildman–Crippen MR) is 71.7 cm³/mol. The molecular formula is C11H18Cl2N4. The lowest BCUT2D eigenvalue weighted by molar-refractivity contribution is 0.547. The maximum Gasteiger partial charge on any atom is 0.245 e. The van der Waals surface area contributed by atoms with E-state index in [1.165, 1.54) is 0 Å². The Hall–Kier alpha value is -0.610. The molecule has 0 bridgehead atoms. The summed E-state index contributed by atoms with van der Waals surface area (Å²) in [6.07, 6.45) is 0. The summed E-state index contributed by atoms with van der Waals surface area (Å²) >= 11 is 11.8. The Balaban J connectivity index is 2.98. The molecule has 0 N–H and O–H groups in total. The van der Waals surface area contributed by atoms with Crippen LogP contribution in [0.15, 0.2) is 0 Å². The van der Waals surface area contributed by atoms with E-state index in [4.69, 9.17) is 23.2 Å². The zero-order valence-electron chi connectivity index (χ0n) is 10.6. The molecule has 96 valence electrons. The van der Waals surface area contributed by atoms with Crippen molar-refractivity contribution in [3.8, 4) is 0 Å². The minimum Gasteiger partial charge on any atom is -0.353 e. The van der Waals surface area contributed by atoms with Crippen molar-refractivity contribution in [3.63, 3.8) is 0 Å². The van der Waals surface area contributed by atoms with Crippen LogP contribution in [0, 0.1) is 11.8 Å². The van der Waals surface area contributed by atoms with Crippen LogP contribution in [-0.4, -0.2) is 28.3 Å². The molecule has 6 heteroatoms. The summed E-state index contributed by atoms with van der Waals surface area (Å²) < 4.78 is 0. The van der Waals surface area contributed by atoms with Gasteiger partial charge in [-0.25, -0.2) is 0 Å². The van der Waals surface area contributed by atoms with Gasteiger partial charge in [0.1, 0.15) is 0 Å². The highest BCUT2D eigenvalue weighted by molar-refractivity contribution is 6.32. The molecule has 1 rings (SSSR count). The van der Waals surface area contributed by atoms with Gasteiger partial charge in [-0.1, -0.05) is 39.3 Å². The SMILES string of the molecule is CC(C)CN(CC(C)C)c1nc(Cl)nnc1Cl. The lowest BCUT2D eigenvalue weighted by Gasteiger charge is -2.27. The first-order chi connectivity index (χ1) is 7.90. The Kier molecular flexibility index (Phi) is 5.40. The van der Waals surface area contributed by atoms with E-state index in [-0.39, 0.29) is 5.28 Å². The van der Waals surface area contributed by atoms with Crippen molar-refractivity contribution in [2.75, 3.05) is 18.0 Å². The summed E-state index contributed by atoms with van der Waals surface area (Å²) in [4.78, 5) is 6.27. The minimum absolute atomic E-state index is 0.127. The molecule has 0 spiro atoms. The number of aromatic nitrogens is 3. The molecule has 0 aliphatic carbocycles. The topological polar surface area (TPSA) is 41.9 Å². The van der Waals surface area contributed by atoms with Crippen molar-refractivity contribution < 1.29 is 0 Å². The first-order valence-electron chi connectivity index (χ1n) is 5.70. The van der Waals surface area contributed by atoms with Crippen LogP contribution in [-0.2, 0) is 0 Å². The molecule has 0 amide bonds. The van der Waals surface area contributed by atoms with Crippen LogP contribution in [0.4, 0.5) is 5.82 Å². The minimum atomic E-state index is 0.127. The van der Waals surface area contributed by atoms with Crippen LogP contribution >= 0.6 is 23.2 Å². The predicted octanol–water partition coefficient (Wildman–Crippen LogP) is 3.30. The highest BCUT2D eigenvalue weighted by atomic mass is 35.5. The molecule has 0 aliphatic heterocycles. The summed E-state index contributed by atoms with van der Waals surface area (Å²) in [6, 6.07) is 0. The Labute approximate surface area is 112 Å². The Bertz CT molecular complexity index is 358. The van der Waals surface area contributed by atoms with Crippen molar-refractivity contribution >= 4 is 29.0 Å². The average molecular weight is 277 g/mol. The van der Waals surface area contributed by atoms with E-state index >= 15 is 0 Å². The monoisotopic (exact) mass is 276 g/mol. The third kappa shape index (κ3) is 4.64. The van der Waals surface area contributed by atoms with Crippen LogP contribution in [0.1, 0.15) is 27.7 Å². The third-order valence-electron chi connectivity index (χ3n) is 2.07. The standard InChI is InChI=1S/C11H18Cl2N4/c1-7(2)5-17(6-8(3)4)10-9(12)15-16-11(13)14-10/h7-8H,5-6H2,1-4H3. The summed E-state index contributed by atoms with van der Waals surface area (Å²) in [7, 11) is 0. The molecule has 1 heterocycles. The number of anilines is 1. The van der Waals surface area contributed by atoms with Crippen LogP contribution in [0.3, 0.4) is 0 Å². The maximum atomic E-state index is 6.02. The second kappa shape index (κ2) is 6.36. The number of hydrogen-bond acceptors (Lipinski definition) is 4. The Morgan fingerprint density at radius 1 is 1.00 bits per heavy atom. The summed E-state index contributed by atoms with van der Waals surface area (Å²) in [5.74, 6) is 1.64. The molecule has 0 aromatic carbocycles. The fourth-order valence-electron chi connectivity index (χ4n) is 1.62. The van der Waals surface area contributed by atoms with Crippen molar-refractivity contribution in [3.05, 3.63) is 10.4 Å². The van der Waals surface area contributed by atoms with E-state index in [1.54, 1.807) is 0 Å². The molecule has 0 radical (unpaired) electrons. The first-order valence-corrected chi connectivity index (χ1v) is 6.46. The molecule has 0 aliphatic rings. The molecule has 4 nitrogen and oxygen atoms in total. The van der Waals surface area contributed by atoms with Gasteiger partial charge in [0.15, 0.2) is 11.0 Å². The van der Waals surface area contributed by atoms with Crippen molar-refractivity contribution in [2.24, 2.45) is 11.8 Å². The van der Waals surface area contributed by atoms with Crippen molar-refractivity contribution in [1.82, 2.24) is 15.2 Å². The lowest BCUT2D eigenvalue weighted by Crippen LogP contribution is -2.32. The van der Waals surface area contributed by atoms with Gasteiger partial charge in [-0.3, -0.25) is 0 Å². The Morgan fingerprint density at radius 2 is 1.53 bits per heavy atom. The zero-order valence-corrected chi connectivity index (χ0v) is 12.1. The lowest BCUT2D eigenvalue weighted by atomic mass is 10.1. The number of hydrogen-bond donors (Lipinski definition) is 0. The van der Waals surface area contributed by atoms with E-state index in [0.29, 0.717) is 22.8 Å². The van der Waals surface area contributed by atoms with Gasteiger partial charge in [-0.15, -0.1) is 10.2 Å². The molecule has 0 saturated heterocycles. The third-order valence-corrected chi connectivity index (χ3v) is 2.48. The fourth-order valence-corrected chi connectivity index (χ4v) is 1.93. The molecule has 17 heavy (non-hydrogen) atoms. The number of halogens is 2.